The van der Waals surface area contributed by atoms with Gasteiger partial charge in [-0.3, -0.25) is 9.59 Å². The zero-order valence-electron chi connectivity index (χ0n) is 10.7. The van der Waals surface area contributed by atoms with E-state index in [9.17, 15) is 14.0 Å². The van der Waals surface area contributed by atoms with Gasteiger partial charge in [0.05, 0.1) is 11.6 Å². The number of anilines is 1. The number of halogens is 2. The average molecular weight is 300 g/mol. The highest BCUT2D eigenvalue weighted by Gasteiger charge is 2.31. The maximum absolute atomic E-state index is 13.5. The highest BCUT2D eigenvalue weighted by atomic mass is 35.5. The van der Waals surface area contributed by atoms with Crippen LogP contribution in [-0.4, -0.2) is 17.0 Å². The second-order valence-electron chi connectivity index (χ2n) is 5.01. The van der Waals surface area contributed by atoms with Gasteiger partial charge in [0.2, 0.25) is 5.91 Å². The minimum Gasteiger partial charge on any atom is -0.481 e. The number of carbonyl (C=O) groups excluding carboxylic acids is 1. The van der Waals surface area contributed by atoms with Crippen LogP contribution in [0, 0.1) is 17.7 Å². The molecule has 2 rings (SSSR count). The molecule has 2 atom stereocenters. The van der Waals surface area contributed by atoms with Crippen LogP contribution in [-0.2, 0) is 9.59 Å². The molecule has 6 heteroatoms. The third kappa shape index (κ3) is 3.48. The maximum Gasteiger partial charge on any atom is 0.306 e. The van der Waals surface area contributed by atoms with Crippen molar-refractivity contribution in [2.24, 2.45) is 11.8 Å². The molecule has 0 saturated heterocycles. The quantitative estimate of drug-likeness (QED) is 0.900. The molecule has 0 spiro atoms. The molecule has 0 aliphatic heterocycles. The summed E-state index contributed by atoms with van der Waals surface area (Å²) in [7, 11) is 0. The lowest BCUT2D eigenvalue weighted by Gasteiger charge is -2.25. The monoisotopic (exact) mass is 299 g/mol. The van der Waals surface area contributed by atoms with E-state index in [4.69, 9.17) is 16.7 Å². The molecule has 1 amide bonds. The standard InChI is InChI=1S/C14H15ClFNO3/c15-10-4-5-11(16)12(7-10)17-13(18)8-2-1-3-9(6-8)14(19)20/h4-5,7-9H,1-3,6H2,(H,17,18)(H,19,20). The lowest BCUT2D eigenvalue weighted by Crippen LogP contribution is -2.31. The number of aliphatic carboxylic acids is 1. The average Bonchev–Trinajstić information content (AvgIpc) is 2.43. The number of nitrogens with one attached hydrogen (secondary N) is 1. The van der Waals surface area contributed by atoms with Crippen molar-refractivity contribution in [3.63, 3.8) is 0 Å². The van der Waals surface area contributed by atoms with Crippen LogP contribution < -0.4 is 5.32 Å². The van der Waals surface area contributed by atoms with Gasteiger partial charge in [0.25, 0.3) is 0 Å². The predicted octanol–water partition coefficient (Wildman–Crippen LogP) is 3.31. The first kappa shape index (κ1) is 14.8. The van der Waals surface area contributed by atoms with Gasteiger partial charge in [0, 0.05) is 10.9 Å². The first-order chi connectivity index (χ1) is 9.47. The van der Waals surface area contributed by atoms with Crippen LogP contribution in [0.4, 0.5) is 10.1 Å². The second-order valence-corrected chi connectivity index (χ2v) is 5.45. The molecule has 2 N–H and O–H groups in total. The molecular formula is C14H15ClFNO3. The highest BCUT2D eigenvalue weighted by molar-refractivity contribution is 6.30. The van der Waals surface area contributed by atoms with E-state index in [-0.39, 0.29) is 11.6 Å². The summed E-state index contributed by atoms with van der Waals surface area (Å²) in [6.07, 6.45) is 2.19. The van der Waals surface area contributed by atoms with Crippen molar-refractivity contribution >= 4 is 29.2 Å². The van der Waals surface area contributed by atoms with E-state index in [1.807, 2.05) is 0 Å². The van der Waals surface area contributed by atoms with Gasteiger partial charge < -0.3 is 10.4 Å². The van der Waals surface area contributed by atoms with Gasteiger partial charge in [-0.1, -0.05) is 18.0 Å². The Morgan fingerprint density at radius 3 is 2.70 bits per heavy atom. The molecule has 4 nitrogen and oxygen atoms in total. The van der Waals surface area contributed by atoms with E-state index in [0.717, 1.165) is 0 Å². The summed E-state index contributed by atoms with van der Waals surface area (Å²) in [6, 6.07) is 3.92. The van der Waals surface area contributed by atoms with E-state index >= 15 is 0 Å². The summed E-state index contributed by atoms with van der Waals surface area (Å²) >= 11 is 5.76. The molecule has 1 saturated carbocycles. The first-order valence-electron chi connectivity index (χ1n) is 6.46. The van der Waals surface area contributed by atoms with Crippen molar-refractivity contribution in [1.29, 1.82) is 0 Å². The fraction of sp³-hybridized carbons (Fsp3) is 0.429. The normalized spacial score (nSPS) is 22.3. The summed E-state index contributed by atoms with van der Waals surface area (Å²) in [5.41, 5.74) is 0.0277. The van der Waals surface area contributed by atoms with Crippen LogP contribution in [0.1, 0.15) is 25.7 Å². The molecule has 108 valence electrons. The topological polar surface area (TPSA) is 66.4 Å². The van der Waals surface area contributed by atoms with Gasteiger partial charge >= 0.3 is 5.97 Å². The van der Waals surface area contributed by atoms with Crippen LogP contribution in [0.2, 0.25) is 5.02 Å². The number of benzene rings is 1. The van der Waals surface area contributed by atoms with Gasteiger partial charge in [-0.15, -0.1) is 0 Å². The number of hydrogen-bond acceptors (Lipinski definition) is 2. The Kier molecular flexibility index (Phi) is 4.60. The Morgan fingerprint density at radius 2 is 2.00 bits per heavy atom. The molecule has 0 heterocycles. The summed E-state index contributed by atoms with van der Waals surface area (Å²) in [5, 5.41) is 11.8. The fourth-order valence-electron chi connectivity index (χ4n) is 2.48. The first-order valence-corrected chi connectivity index (χ1v) is 6.84. The molecule has 0 radical (unpaired) electrons. The third-order valence-electron chi connectivity index (χ3n) is 3.58. The van der Waals surface area contributed by atoms with E-state index in [0.29, 0.717) is 30.7 Å². The number of amides is 1. The summed E-state index contributed by atoms with van der Waals surface area (Å²) < 4.78 is 13.5. The molecule has 1 aliphatic carbocycles. The van der Waals surface area contributed by atoms with Crippen molar-refractivity contribution in [2.75, 3.05) is 5.32 Å². The Morgan fingerprint density at radius 1 is 1.30 bits per heavy atom. The molecule has 0 bridgehead atoms. The second kappa shape index (κ2) is 6.22. The van der Waals surface area contributed by atoms with Gasteiger partial charge in [0.1, 0.15) is 5.82 Å². The van der Waals surface area contributed by atoms with Crippen molar-refractivity contribution < 1.29 is 19.1 Å². The number of carbonyl (C=O) groups is 2. The zero-order valence-corrected chi connectivity index (χ0v) is 11.5. The van der Waals surface area contributed by atoms with E-state index in [1.165, 1.54) is 18.2 Å². The highest BCUT2D eigenvalue weighted by Crippen LogP contribution is 2.30. The van der Waals surface area contributed by atoms with Crippen molar-refractivity contribution in [2.45, 2.75) is 25.7 Å². The number of rotatable bonds is 3. The fourth-order valence-corrected chi connectivity index (χ4v) is 2.65. The predicted molar refractivity (Wildman–Crippen MR) is 73.1 cm³/mol. The lowest BCUT2D eigenvalue weighted by atomic mass is 9.81. The molecule has 2 unspecified atom stereocenters. The lowest BCUT2D eigenvalue weighted by molar-refractivity contribution is -0.143. The SMILES string of the molecule is O=C(O)C1CCCC(C(=O)Nc2cc(Cl)ccc2F)C1. The molecule has 0 aromatic heterocycles. The van der Waals surface area contributed by atoms with Crippen LogP contribution in [0.3, 0.4) is 0 Å². The van der Waals surface area contributed by atoms with E-state index in [2.05, 4.69) is 5.32 Å². The summed E-state index contributed by atoms with van der Waals surface area (Å²) in [5.74, 6) is -2.69. The Hall–Kier alpha value is -1.62. The van der Waals surface area contributed by atoms with Gasteiger partial charge in [0.15, 0.2) is 0 Å². The Labute approximate surface area is 120 Å². The van der Waals surface area contributed by atoms with Crippen LogP contribution in [0.5, 0.6) is 0 Å². The largest absolute Gasteiger partial charge is 0.481 e. The smallest absolute Gasteiger partial charge is 0.306 e. The van der Waals surface area contributed by atoms with Gasteiger partial charge in [-0.25, -0.2) is 4.39 Å². The maximum atomic E-state index is 13.5. The van der Waals surface area contributed by atoms with Gasteiger partial charge in [-0.05, 0) is 37.5 Å². The minimum absolute atomic E-state index is 0.0277. The Bertz CT molecular complexity index is 535. The third-order valence-corrected chi connectivity index (χ3v) is 3.82. The van der Waals surface area contributed by atoms with Crippen molar-refractivity contribution in [3.05, 3.63) is 29.0 Å². The van der Waals surface area contributed by atoms with Crippen molar-refractivity contribution in [1.82, 2.24) is 0 Å². The minimum atomic E-state index is -0.878. The molecule has 1 aromatic rings. The molecule has 1 aromatic carbocycles. The molecular weight excluding hydrogens is 285 g/mol. The molecule has 1 aliphatic rings. The van der Waals surface area contributed by atoms with E-state index < -0.39 is 23.6 Å². The van der Waals surface area contributed by atoms with E-state index in [1.54, 1.807) is 0 Å². The van der Waals surface area contributed by atoms with Crippen LogP contribution in [0.15, 0.2) is 18.2 Å². The number of carboxylic acids is 1. The summed E-state index contributed by atoms with van der Waals surface area (Å²) in [4.78, 5) is 23.1. The molecule has 1 fully saturated rings. The van der Waals surface area contributed by atoms with Crippen LogP contribution in [0.25, 0.3) is 0 Å². The Balaban J connectivity index is 2.04. The zero-order chi connectivity index (χ0) is 14.7. The number of carboxylic acid groups (broad SMARTS) is 1. The molecule has 20 heavy (non-hydrogen) atoms. The van der Waals surface area contributed by atoms with Crippen molar-refractivity contribution in [3.8, 4) is 0 Å². The number of hydrogen-bond donors (Lipinski definition) is 2. The van der Waals surface area contributed by atoms with Gasteiger partial charge in [-0.2, -0.15) is 0 Å². The summed E-state index contributed by atoms with van der Waals surface area (Å²) in [6.45, 7) is 0. The van der Waals surface area contributed by atoms with Crippen LogP contribution >= 0.6 is 11.6 Å².